The molecule has 0 radical (unpaired) electrons. The van der Waals surface area contributed by atoms with Crippen molar-refractivity contribution < 1.29 is 10.2 Å². The third kappa shape index (κ3) is 3.72. The van der Waals surface area contributed by atoms with Crippen molar-refractivity contribution in [3.8, 4) is 0 Å². The minimum atomic E-state index is -1.11. The molecule has 2 unspecified atom stereocenters. The van der Waals surface area contributed by atoms with Gasteiger partial charge in [0.05, 0.1) is 12.6 Å². The molecule has 0 aliphatic heterocycles. The summed E-state index contributed by atoms with van der Waals surface area (Å²) < 4.78 is 0. The molecule has 0 heterocycles. The predicted molar refractivity (Wildman–Crippen MR) is 64.2 cm³/mol. The van der Waals surface area contributed by atoms with E-state index in [2.05, 4.69) is 10.0 Å². The third-order valence-electron chi connectivity index (χ3n) is 2.48. The largest absolute Gasteiger partial charge is 0.390 e. The van der Waals surface area contributed by atoms with Gasteiger partial charge in [0.1, 0.15) is 6.10 Å². The number of nitrogens with two attached hydrogens (primary N) is 1. The fourth-order valence-electron chi connectivity index (χ4n) is 1.63. The van der Waals surface area contributed by atoms with Crippen LogP contribution in [0.25, 0.3) is 10.4 Å². The Morgan fingerprint density at radius 3 is 2.71 bits per heavy atom. The fourth-order valence-corrected chi connectivity index (χ4v) is 1.63. The molecular weight excluding hydrogens is 220 g/mol. The van der Waals surface area contributed by atoms with Gasteiger partial charge in [-0.15, -0.1) is 0 Å². The van der Waals surface area contributed by atoms with Crippen molar-refractivity contribution in [3.05, 3.63) is 45.8 Å². The maximum atomic E-state index is 9.95. The van der Waals surface area contributed by atoms with Crippen LogP contribution in [0.3, 0.4) is 0 Å². The van der Waals surface area contributed by atoms with Crippen LogP contribution in [0.5, 0.6) is 0 Å². The number of benzene rings is 1. The second-order valence-electron chi connectivity index (χ2n) is 3.66. The Morgan fingerprint density at radius 2 is 2.06 bits per heavy atom. The molecule has 17 heavy (non-hydrogen) atoms. The van der Waals surface area contributed by atoms with Gasteiger partial charge in [-0.25, -0.2) is 0 Å². The first-order valence-corrected chi connectivity index (χ1v) is 5.35. The molecule has 4 N–H and O–H groups in total. The normalized spacial score (nSPS) is 13.8. The molecule has 0 saturated carbocycles. The first kappa shape index (κ1) is 13.5. The highest BCUT2D eigenvalue weighted by Crippen LogP contribution is 2.21. The number of hydrogen-bond donors (Lipinski definition) is 3. The van der Waals surface area contributed by atoms with Gasteiger partial charge in [-0.3, -0.25) is 0 Å². The highest BCUT2D eigenvalue weighted by atomic mass is 16.3. The molecule has 92 valence electrons. The third-order valence-corrected chi connectivity index (χ3v) is 2.48. The van der Waals surface area contributed by atoms with Crippen LogP contribution in [0.2, 0.25) is 0 Å². The molecule has 0 fully saturated rings. The van der Waals surface area contributed by atoms with Crippen molar-refractivity contribution in [1.82, 2.24) is 0 Å². The smallest absolute Gasteiger partial charge is 0.105 e. The van der Waals surface area contributed by atoms with Gasteiger partial charge in [0, 0.05) is 4.91 Å². The Bertz CT molecular complexity index is 404. The van der Waals surface area contributed by atoms with Gasteiger partial charge in [0.25, 0.3) is 0 Å². The van der Waals surface area contributed by atoms with Gasteiger partial charge < -0.3 is 15.9 Å². The van der Waals surface area contributed by atoms with Crippen LogP contribution in [0.15, 0.2) is 29.4 Å². The lowest BCUT2D eigenvalue weighted by molar-refractivity contribution is 0.0239. The van der Waals surface area contributed by atoms with Crippen LogP contribution in [-0.4, -0.2) is 29.4 Å². The van der Waals surface area contributed by atoms with Crippen LogP contribution < -0.4 is 5.73 Å². The zero-order valence-electron chi connectivity index (χ0n) is 9.40. The Hall–Kier alpha value is -1.59. The summed E-state index contributed by atoms with van der Waals surface area (Å²) in [6.07, 6.45) is -1.55. The van der Waals surface area contributed by atoms with E-state index in [0.29, 0.717) is 18.5 Å². The number of hydrogen-bond acceptors (Lipinski definition) is 4. The maximum absolute atomic E-state index is 9.95. The first-order chi connectivity index (χ1) is 8.20. The Morgan fingerprint density at radius 1 is 1.35 bits per heavy atom. The maximum Gasteiger partial charge on any atom is 0.105 e. The topological polar surface area (TPSA) is 115 Å². The summed E-state index contributed by atoms with van der Waals surface area (Å²) in [5.41, 5.74) is 15.1. The lowest BCUT2D eigenvalue weighted by atomic mass is 9.97. The molecule has 0 aliphatic carbocycles. The van der Waals surface area contributed by atoms with Crippen molar-refractivity contribution in [1.29, 1.82) is 0 Å². The average Bonchev–Trinajstić information content (AvgIpc) is 2.36. The molecular formula is C11H16N4O2. The minimum Gasteiger partial charge on any atom is -0.390 e. The Labute approximate surface area is 99.3 Å². The lowest BCUT2D eigenvalue weighted by Gasteiger charge is -2.19. The molecule has 1 aromatic rings. The molecule has 0 aromatic heterocycles. The number of nitrogens with zero attached hydrogens (tertiary/aromatic N) is 3. The SMILES string of the molecule is [N-]=[N+]=NCC(O)C(O)c1ccccc1CCN. The van der Waals surface area contributed by atoms with Gasteiger partial charge in [0.2, 0.25) is 0 Å². The molecule has 0 aliphatic rings. The second-order valence-corrected chi connectivity index (χ2v) is 3.66. The molecule has 0 bridgehead atoms. The summed E-state index contributed by atoms with van der Waals surface area (Å²) in [5.74, 6) is 0. The summed E-state index contributed by atoms with van der Waals surface area (Å²) >= 11 is 0. The predicted octanol–water partition coefficient (Wildman–Crippen LogP) is 0.892. The van der Waals surface area contributed by atoms with E-state index in [-0.39, 0.29) is 6.54 Å². The zero-order chi connectivity index (χ0) is 12.7. The van der Waals surface area contributed by atoms with E-state index >= 15 is 0 Å². The minimum absolute atomic E-state index is 0.158. The highest BCUT2D eigenvalue weighted by molar-refractivity contribution is 5.30. The molecule has 2 atom stereocenters. The Balaban J connectivity index is 2.86. The van der Waals surface area contributed by atoms with Crippen molar-refractivity contribution >= 4 is 0 Å². The standard InChI is InChI=1S/C11H16N4O2/c12-6-5-8-3-1-2-4-9(8)11(17)10(16)7-14-15-13/h1-4,10-11,16-17H,5-7,12H2. The number of aliphatic hydroxyl groups is 2. The van der Waals surface area contributed by atoms with Crippen LogP contribution in [0.4, 0.5) is 0 Å². The average molecular weight is 236 g/mol. The van der Waals surface area contributed by atoms with E-state index in [1.54, 1.807) is 12.1 Å². The van der Waals surface area contributed by atoms with Gasteiger partial charge in [-0.1, -0.05) is 29.4 Å². The molecule has 0 saturated heterocycles. The molecule has 1 aromatic carbocycles. The molecule has 1 rings (SSSR count). The summed E-state index contributed by atoms with van der Waals surface area (Å²) in [5, 5.41) is 22.8. The summed E-state index contributed by atoms with van der Waals surface area (Å²) in [4.78, 5) is 2.54. The van der Waals surface area contributed by atoms with Crippen molar-refractivity contribution in [2.75, 3.05) is 13.1 Å². The van der Waals surface area contributed by atoms with Crippen LogP contribution in [-0.2, 0) is 6.42 Å². The monoisotopic (exact) mass is 236 g/mol. The Kier molecular flexibility index (Phi) is 5.45. The summed E-state index contributed by atoms with van der Waals surface area (Å²) in [6.45, 7) is 0.310. The van der Waals surface area contributed by atoms with E-state index in [0.717, 1.165) is 5.56 Å². The fraction of sp³-hybridized carbons (Fsp3) is 0.455. The van der Waals surface area contributed by atoms with Crippen LogP contribution in [0.1, 0.15) is 17.2 Å². The lowest BCUT2D eigenvalue weighted by Crippen LogP contribution is -2.22. The highest BCUT2D eigenvalue weighted by Gasteiger charge is 2.19. The van der Waals surface area contributed by atoms with E-state index in [1.807, 2.05) is 12.1 Å². The van der Waals surface area contributed by atoms with E-state index in [9.17, 15) is 10.2 Å². The summed E-state index contributed by atoms with van der Waals surface area (Å²) in [7, 11) is 0. The van der Waals surface area contributed by atoms with Crippen molar-refractivity contribution in [3.63, 3.8) is 0 Å². The van der Waals surface area contributed by atoms with Crippen molar-refractivity contribution in [2.45, 2.75) is 18.6 Å². The van der Waals surface area contributed by atoms with Crippen LogP contribution >= 0.6 is 0 Å². The molecule has 0 amide bonds. The number of rotatable bonds is 6. The van der Waals surface area contributed by atoms with E-state index in [1.165, 1.54) is 0 Å². The number of aliphatic hydroxyl groups excluding tert-OH is 2. The van der Waals surface area contributed by atoms with Gasteiger partial charge in [0.15, 0.2) is 0 Å². The quantitative estimate of drug-likeness (QED) is 0.387. The first-order valence-electron chi connectivity index (χ1n) is 5.35. The molecule has 0 spiro atoms. The molecule has 6 nitrogen and oxygen atoms in total. The second kappa shape index (κ2) is 6.88. The van der Waals surface area contributed by atoms with Gasteiger partial charge in [-0.05, 0) is 29.6 Å². The van der Waals surface area contributed by atoms with Crippen LogP contribution in [0, 0.1) is 0 Å². The van der Waals surface area contributed by atoms with Gasteiger partial charge in [-0.2, -0.15) is 0 Å². The van der Waals surface area contributed by atoms with Crippen molar-refractivity contribution in [2.24, 2.45) is 10.8 Å². The molecule has 6 heteroatoms. The van der Waals surface area contributed by atoms with E-state index < -0.39 is 12.2 Å². The summed E-state index contributed by atoms with van der Waals surface area (Å²) in [6, 6.07) is 7.21. The zero-order valence-corrected chi connectivity index (χ0v) is 9.40. The number of azide groups is 1. The van der Waals surface area contributed by atoms with E-state index in [4.69, 9.17) is 11.3 Å². The van der Waals surface area contributed by atoms with Gasteiger partial charge >= 0.3 is 0 Å².